The van der Waals surface area contributed by atoms with Crippen LogP contribution in [0.1, 0.15) is 41.9 Å². The molecular formula is C23H18F2N4O3S. The number of amides is 3. The predicted molar refractivity (Wildman–Crippen MR) is 115 cm³/mol. The van der Waals surface area contributed by atoms with Crippen molar-refractivity contribution >= 4 is 23.3 Å². The first-order valence-electron chi connectivity index (χ1n) is 9.65. The van der Waals surface area contributed by atoms with Gasteiger partial charge in [0, 0.05) is 10.3 Å². The van der Waals surface area contributed by atoms with Crippen LogP contribution in [0.3, 0.4) is 0 Å². The van der Waals surface area contributed by atoms with Gasteiger partial charge in [-0.25, -0.2) is 13.6 Å². The molecule has 1 aliphatic rings. The zero-order chi connectivity index (χ0) is 24.3. The van der Waals surface area contributed by atoms with Crippen LogP contribution in [0, 0.1) is 39.7 Å². The number of hydrogen-bond acceptors (Lipinski definition) is 6. The van der Waals surface area contributed by atoms with E-state index in [4.69, 9.17) is 4.74 Å². The molecule has 0 aliphatic carbocycles. The number of benzene rings is 1. The van der Waals surface area contributed by atoms with Crippen LogP contribution < -0.4 is 10.6 Å². The third-order valence-corrected chi connectivity index (χ3v) is 5.60. The minimum atomic E-state index is -1.31. The first-order valence-corrected chi connectivity index (χ1v) is 10.5. The van der Waals surface area contributed by atoms with Gasteiger partial charge in [-0.3, -0.25) is 15.4 Å². The van der Waals surface area contributed by atoms with Crippen molar-refractivity contribution < 1.29 is 23.1 Å². The van der Waals surface area contributed by atoms with Gasteiger partial charge in [-0.15, -0.1) is 11.3 Å². The summed E-state index contributed by atoms with van der Waals surface area (Å²) in [6.45, 7) is 5.39. The molecule has 10 heteroatoms. The second-order valence-corrected chi connectivity index (χ2v) is 8.99. The number of allylic oxidation sites excluding steroid dienone is 3. The van der Waals surface area contributed by atoms with Crippen LogP contribution in [0.15, 0.2) is 58.5 Å². The van der Waals surface area contributed by atoms with Crippen molar-refractivity contribution in [3.63, 3.8) is 0 Å². The second-order valence-electron chi connectivity index (χ2n) is 8.01. The van der Waals surface area contributed by atoms with Gasteiger partial charge in [0.05, 0.1) is 17.6 Å². The number of carbonyl (C=O) groups is 2. The maximum absolute atomic E-state index is 13.9. The fourth-order valence-corrected chi connectivity index (χ4v) is 4.10. The molecule has 1 aromatic carbocycles. The normalized spacial score (nSPS) is 15.9. The van der Waals surface area contributed by atoms with Crippen LogP contribution in [0.5, 0.6) is 0 Å². The number of halogens is 2. The number of nitriles is 2. The fourth-order valence-electron chi connectivity index (χ4n) is 3.25. The molecule has 7 nitrogen and oxygen atoms in total. The zero-order valence-corrected chi connectivity index (χ0v) is 18.6. The Morgan fingerprint density at radius 3 is 2.21 bits per heavy atom. The van der Waals surface area contributed by atoms with E-state index in [9.17, 15) is 28.9 Å². The Hall–Kier alpha value is -4.02. The maximum atomic E-state index is 13.9. The molecule has 2 aromatic rings. The Kier molecular flexibility index (Phi) is 6.61. The monoisotopic (exact) mass is 468 g/mol. The van der Waals surface area contributed by atoms with E-state index in [1.54, 1.807) is 38.3 Å². The van der Waals surface area contributed by atoms with Gasteiger partial charge in [0.2, 0.25) is 5.88 Å². The molecule has 0 fully saturated rings. The van der Waals surface area contributed by atoms with Crippen molar-refractivity contribution in [1.29, 1.82) is 10.5 Å². The highest BCUT2D eigenvalue weighted by atomic mass is 32.1. The molecule has 3 amide bonds. The summed E-state index contributed by atoms with van der Waals surface area (Å²) in [4.78, 5) is 25.4. The van der Waals surface area contributed by atoms with E-state index < -0.39 is 40.5 Å². The number of carbonyl (C=O) groups excluding carboxylic acids is 2. The van der Waals surface area contributed by atoms with E-state index in [0.717, 1.165) is 18.2 Å². The van der Waals surface area contributed by atoms with Gasteiger partial charge in [0.1, 0.15) is 34.6 Å². The highest BCUT2D eigenvalue weighted by molar-refractivity contribution is 7.10. The van der Waals surface area contributed by atoms with E-state index in [0.29, 0.717) is 4.88 Å². The Morgan fingerprint density at radius 2 is 1.70 bits per heavy atom. The standard InChI is InChI=1S/C23H18F2N4O3S/c1-23(2,3)19-12(10-26)17(16-8-5-9-33-16)13(11-27)21(32-19)29-22(31)28-20(30)18-14(24)6-4-7-15(18)25/h4-9,17H,1-3H3,(H2,28,29,30,31). The van der Waals surface area contributed by atoms with Gasteiger partial charge in [0.15, 0.2) is 0 Å². The first-order chi connectivity index (χ1) is 15.6. The first kappa shape index (κ1) is 23.6. The van der Waals surface area contributed by atoms with Crippen LogP contribution >= 0.6 is 11.3 Å². The minimum Gasteiger partial charge on any atom is -0.443 e. The fraction of sp³-hybridized carbons (Fsp3) is 0.217. The van der Waals surface area contributed by atoms with Crippen LogP contribution in [0.25, 0.3) is 0 Å². The zero-order valence-electron chi connectivity index (χ0n) is 17.8. The Bertz CT molecular complexity index is 1240. The van der Waals surface area contributed by atoms with E-state index in [2.05, 4.69) is 11.4 Å². The molecule has 2 heterocycles. The van der Waals surface area contributed by atoms with Crippen LogP contribution in [-0.4, -0.2) is 11.9 Å². The Morgan fingerprint density at radius 1 is 1.06 bits per heavy atom. The van der Waals surface area contributed by atoms with Crippen molar-refractivity contribution in [2.75, 3.05) is 0 Å². The topological polar surface area (TPSA) is 115 Å². The molecule has 1 aromatic heterocycles. The lowest BCUT2D eigenvalue weighted by atomic mass is 9.81. The minimum absolute atomic E-state index is 0.0540. The number of hydrogen-bond donors (Lipinski definition) is 2. The lowest BCUT2D eigenvalue weighted by molar-refractivity contribution is 0.0954. The van der Waals surface area contributed by atoms with Gasteiger partial charge in [-0.1, -0.05) is 32.9 Å². The molecule has 1 atom stereocenters. The Labute approximate surface area is 192 Å². The average Bonchev–Trinajstić information content (AvgIpc) is 3.26. The van der Waals surface area contributed by atoms with Crippen molar-refractivity contribution in [1.82, 2.24) is 10.6 Å². The smallest absolute Gasteiger partial charge is 0.328 e. The number of nitrogens with one attached hydrogen (secondary N) is 2. The number of nitrogens with zero attached hydrogens (tertiary/aromatic N) is 2. The van der Waals surface area contributed by atoms with Crippen molar-refractivity contribution in [3.8, 4) is 12.1 Å². The summed E-state index contributed by atoms with van der Waals surface area (Å²) in [6.07, 6.45) is 0. The summed E-state index contributed by atoms with van der Waals surface area (Å²) in [5, 5.41) is 25.6. The molecule has 168 valence electrons. The molecular weight excluding hydrogens is 450 g/mol. The summed E-state index contributed by atoms with van der Waals surface area (Å²) in [5.74, 6) is -4.42. The number of urea groups is 1. The summed E-state index contributed by atoms with van der Waals surface area (Å²) >= 11 is 1.32. The van der Waals surface area contributed by atoms with Crippen molar-refractivity contribution in [2.24, 2.45) is 5.41 Å². The van der Waals surface area contributed by atoms with Crippen LogP contribution in [-0.2, 0) is 4.74 Å². The van der Waals surface area contributed by atoms with Gasteiger partial charge < -0.3 is 4.74 Å². The highest BCUT2D eigenvalue weighted by Gasteiger charge is 2.39. The quantitative estimate of drug-likeness (QED) is 0.669. The van der Waals surface area contributed by atoms with Gasteiger partial charge in [-0.05, 0) is 23.6 Å². The van der Waals surface area contributed by atoms with Crippen LogP contribution in [0.2, 0.25) is 0 Å². The Balaban J connectivity index is 1.97. The number of ether oxygens (including phenoxy) is 1. The molecule has 3 rings (SSSR count). The molecule has 1 aliphatic heterocycles. The van der Waals surface area contributed by atoms with E-state index in [1.165, 1.54) is 11.3 Å². The van der Waals surface area contributed by atoms with Crippen molar-refractivity contribution in [2.45, 2.75) is 26.7 Å². The molecule has 0 saturated carbocycles. The number of rotatable bonds is 3. The molecule has 0 spiro atoms. The molecule has 0 bridgehead atoms. The largest absolute Gasteiger partial charge is 0.443 e. The third kappa shape index (κ3) is 4.76. The lowest BCUT2D eigenvalue weighted by Crippen LogP contribution is -2.41. The maximum Gasteiger partial charge on any atom is 0.328 e. The van der Waals surface area contributed by atoms with E-state index in [-0.39, 0.29) is 22.8 Å². The number of thiophene rings is 1. The van der Waals surface area contributed by atoms with Gasteiger partial charge in [-0.2, -0.15) is 10.5 Å². The SMILES string of the molecule is CC(C)(C)C1=C(C#N)C(c2cccs2)C(C#N)=C(NC(=O)NC(=O)c2c(F)cccc2F)O1. The second kappa shape index (κ2) is 9.23. The molecule has 0 saturated heterocycles. The summed E-state index contributed by atoms with van der Waals surface area (Å²) in [5.41, 5.74) is -1.43. The highest BCUT2D eigenvalue weighted by Crippen LogP contribution is 2.45. The summed E-state index contributed by atoms with van der Waals surface area (Å²) in [6, 6.07) is 9.27. The summed E-state index contributed by atoms with van der Waals surface area (Å²) < 4.78 is 33.5. The molecule has 0 radical (unpaired) electrons. The molecule has 33 heavy (non-hydrogen) atoms. The summed E-state index contributed by atoms with van der Waals surface area (Å²) in [7, 11) is 0. The van der Waals surface area contributed by atoms with E-state index in [1.807, 2.05) is 11.4 Å². The number of imide groups is 1. The molecule has 2 N–H and O–H groups in total. The third-order valence-electron chi connectivity index (χ3n) is 4.66. The van der Waals surface area contributed by atoms with Gasteiger partial charge >= 0.3 is 6.03 Å². The van der Waals surface area contributed by atoms with Gasteiger partial charge in [0.25, 0.3) is 5.91 Å². The average molecular weight is 468 g/mol. The molecule has 1 unspecified atom stereocenters. The predicted octanol–water partition coefficient (Wildman–Crippen LogP) is 4.84. The lowest BCUT2D eigenvalue weighted by Gasteiger charge is -2.32. The van der Waals surface area contributed by atoms with Crippen molar-refractivity contribution in [3.05, 3.63) is 80.6 Å². The van der Waals surface area contributed by atoms with E-state index >= 15 is 0 Å². The van der Waals surface area contributed by atoms with Crippen LogP contribution in [0.4, 0.5) is 13.6 Å².